The van der Waals surface area contributed by atoms with Gasteiger partial charge in [0.05, 0.1) is 0 Å². The van der Waals surface area contributed by atoms with Crippen molar-refractivity contribution in [3.63, 3.8) is 0 Å². The van der Waals surface area contributed by atoms with Crippen LogP contribution in [0.1, 0.15) is 5.56 Å². The standard InChI is InChI=1S/C19H17AsNO3/c22-18(23)13-21-17-9-5-4-8-15(17)12-16(19(21)24)20-11-10-14-6-2-1-3-7-14/h1-9,12H,10-11,13H2,(H,22,23). The summed E-state index contributed by atoms with van der Waals surface area (Å²) in [5, 5.41) is 11.0. The van der Waals surface area contributed by atoms with Crippen molar-refractivity contribution in [2.24, 2.45) is 0 Å². The number of hydrogen-bond acceptors (Lipinski definition) is 2. The fourth-order valence-corrected chi connectivity index (χ4v) is 4.97. The Morgan fingerprint density at radius 2 is 1.75 bits per heavy atom. The molecule has 0 amide bonds. The molecule has 0 unspecified atom stereocenters. The van der Waals surface area contributed by atoms with Crippen LogP contribution in [0.5, 0.6) is 0 Å². The van der Waals surface area contributed by atoms with Crippen molar-refractivity contribution in [3.8, 4) is 0 Å². The van der Waals surface area contributed by atoms with Gasteiger partial charge in [0, 0.05) is 0 Å². The molecule has 5 heteroatoms. The fraction of sp³-hybridized carbons (Fsp3) is 0.158. The van der Waals surface area contributed by atoms with Crippen LogP contribution in [0.3, 0.4) is 0 Å². The second-order valence-electron chi connectivity index (χ2n) is 5.49. The van der Waals surface area contributed by atoms with Crippen LogP contribution in [0.15, 0.2) is 65.5 Å². The molecule has 121 valence electrons. The Kier molecular flexibility index (Phi) is 5.17. The van der Waals surface area contributed by atoms with Crippen molar-refractivity contribution >= 4 is 37.0 Å². The molecule has 0 saturated heterocycles. The molecule has 0 aliphatic heterocycles. The predicted octanol–water partition coefficient (Wildman–Crippen LogP) is 2.08. The number of rotatable bonds is 6. The first-order chi connectivity index (χ1) is 11.6. The zero-order valence-corrected chi connectivity index (χ0v) is 14.9. The third-order valence-corrected chi connectivity index (χ3v) is 6.13. The van der Waals surface area contributed by atoms with E-state index in [0.29, 0.717) is 5.52 Å². The summed E-state index contributed by atoms with van der Waals surface area (Å²) in [6, 6.07) is 19.6. The van der Waals surface area contributed by atoms with Crippen molar-refractivity contribution in [1.29, 1.82) is 0 Å². The normalized spacial score (nSPS) is 11.3. The molecular formula is C19H17AsNO3. The van der Waals surface area contributed by atoms with Gasteiger partial charge in [0.2, 0.25) is 0 Å². The molecule has 24 heavy (non-hydrogen) atoms. The monoisotopic (exact) mass is 382 g/mol. The van der Waals surface area contributed by atoms with Crippen LogP contribution in [0.4, 0.5) is 0 Å². The quantitative estimate of drug-likeness (QED) is 0.665. The Hall–Kier alpha value is -2.32. The van der Waals surface area contributed by atoms with E-state index in [4.69, 9.17) is 5.11 Å². The maximum absolute atomic E-state index is 12.7. The SMILES string of the molecule is O=C(O)Cn1c(=O)c([As]CCc2ccccc2)cc2ccccc21. The van der Waals surface area contributed by atoms with Crippen LogP contribution >= 0.6 is 0 Å². The van der Waals surface area contributed by atoms with Gasteiger partial charge in [-0.2, -0.15) is 0 Å². The first kappa shape index (κ1) is 16.5. The van der Waals surface area contributed by atoms with Gasteiger partial charge in [-0.1, -0.05) is 0 Å². The van der Waals surface area contributed by atoms with Crippen molar-refractivity contribution in [2.45, 2.75) is 18.2 Å². The number of carbonyl (C=O) groups is 1. The summed E-state index contributed by atoms with van der Waals surface area (Å²) >= 11 is -0.302. The third-order valence-electron chi connectivity index (χ3n) is 3.80. The van der Waals surface area contributed by atoms with E-state index in [2.05, 4.69) is 12.1 Å². The van der Waals surface area contributed by atoms with Gasteiger partial charge < -0.3 is 0 Å². The van der Waals surface area contributed by atoms with E-state index < -0.39 is 5.97 Å². The van der Waals surface area contributed by atoms with E-state index in [9.17, 15) is 9.59 Å². The second-order valence-corrected chi connectivity index (χ2v) is 8.10. The number of aromatic nitrogens is 1. The number of hydrogen-bond donors (Lipinski definition) is 1. The van der Waals surface area contributed by atoms with Gasteiger partial charge in [0.1, 0.15) is 0 Å². The third kappa shape index (κ3) is 3.77. The van der Waals surface area contributed by atoms with E-state index in [0.717, 1.165) is 21.4 Å². The molecule has 0 aliphatic carbocycles. The van der Waals surface area contributed by atoms with Crippen molar-refractivity contribution in [2.75, 3.05) is 0 Å². The van der Waals surface area contributed by atoms with Crippen molar-refractivity contribution in [3.05, 3.63) is 76.6 Å². The summed E-state index contributed by atoms with van der Waals surface area (Å²) < 4.78 is 2.15. The number of para-hydroxylation sites is 1. The summed E-state index contributed by atoms with van der Waals surface area (Å²) in [6.07, 6.45) is 0.937. The summed E-state index contributed by atoms with van der Waals surface area (Å²) in [6.45, 7) is -0.299. The van der Waals surface area contributed by atoms with E-state index in [1.165, 1.54) is 10.1 Å². The summed E-state index contributed by atoms with van der Waals surface area (Å²) in [7, 11) is 0. The number of carboxylic acids is 1. The van der Waals surface area contributed by atoms with E-state index in [1.54, 1.807) is 6.07 Å². The molecule has 0 spiro atoms. The molecule has 0 bridgehead atoms. The number of pyridine rings is 1. The van der Waals surface area contributed by atoms with Crippen LogP contribution < -0.4 is 9.91 Å². The second kappa shape index (κ2) is 7.50. The number of fused-ring (bicyclic) bond motifs is 1. The zero-order chi connectivity index (χ0) is 16.9. The molecule has 1 radical (unpaired) electrons. The molecule has 0 fully saturated rings. The molecule has 0 aliphatic rings. The van der Waals surface area contributed by atoms with E-state index in [1.807, 2.05) is 42.5 Å². The Balaban J connectivity index is 1.88. The molecular weight excluding hydrogens is 365 g/mol. The molecule has 1 heterocycles. The molecule has 1 aromatic heterocycles. The number of aryl methyl sites for hydroxylation is 1. The van der Waals surface area contributed by atoms with Crippen LogP contribution in [-0.2, 0) is 17.8 Å². The molecule has 2 aromatic carbocycles. The van der Waals surface area contributed by atoms with E-state index >= 15 is 0 Å². The summed E-state index contributed by atoms with van der Waals surface area (Å²) in [5.74, 6) is -1.00. The predicted molar refractivity (Wildman–Crippen MR) is 96.2 cm³/mol. The Morgan fingerprint density at radius 3 is 2.50 bits per heavy atom. The number of carboxylic acid groups (broad SMARTS) is 1. The van der Waals surface area contributed by atoms with E-state index in [-0.39, 0.29) is 27.9 Å². The number of benzene rings is 2. The van der Waals surface area contributed by atoms with Crippen molar-refractivity contribution in [1.82, 2.24) is 4.57 Å². The van der Waals surface area contributed by atoms with Crippen LogP contribution in [0.25, 0.3) is 10.9 Å². The maximum atomic E-state index is 12.7. The minimum absolute atomic E-state index is 0.163. The fourth-order valence-electron chi connectivity index (χ4n) is 2.67. The molecule has 4 nitrogen and oxygen atoms in total. The molecule has 0 atom stereocenters. The Labute approximate surface area is 146 Å². The van der Waals surface area contributed by atoms with Gasteiger partial charge in [-0.25, -0.2) is 0 Å². The van der Waals surface area contributed by atoms with Crippen LogP contribution in [0.2, 0.25) is 5.21 Å². The average molecular weight is 382 g/mol. The summed E-state index contributed by atoms with van der Waals surface area (Å²) in [4.78, 5) is 23.8. The van der Waals surface area contributed by atoms with Gasteiger partial charge in [-0.3, -0.25) is 0 Å². The van der Waals surface area contributed by atoms with Crippen LogP contribution in [-0.4, -0.2) is 31.4 Å². The van der Waals surface area contributed by atoms with Crippen LogP contribution in [0, 0.1) is 0 Å². The molecule has 3 aromatic rings. The minimum atomic E-state index is -1.00. The zero-order valence-electron chi connectivity index (χ0n) is 13.1. The van der Waals surface area contributed by atoms with Gasteiger partial charge in [0.15, 0.2) is 0 Å². The van der Waals surface area contributed by atoms with Gasteiger partial charge in [-0.05, 0) is 0 Å². The number of nitrogens with zero attached hydrogens (tertiary/aromatic N) is 1. The van der Waals surface area contributed by atoms with Gasteiger partial charge in [0.25, 0.3) is 0 Å². The van der Waals surface area contributed by atoms with Gasteiger partial charge in [-0.15, -0.1) is 0 Å². The van der Waals surface area contributed by atoms with Crippen molar-refractivity contribution < 1.29 is 9.90 Å². The molecule has 0 saturated carbocycles. The number of aliphatic carboxylic acids is 1. The van der Waals surface area contributed by atoms with Gasteiger partial charge >= 0.3 is 146 Å². The first-order valence-corrected chi connectivity index (χ1v) is 9.97. The molecule has 3 rings (SSSR count). The first-order valence-electron chi connectivity index (χ1n) is 7.71. The Bertz CT molecular complexity index is 919. The Morgan fingerprint density at radius 1 is 1.04 bits per heavy atom. The topological polar surface area (TPSA) is 59.3 Å². The molecule has 1 N–H and O–H groups in total. The average Bonchev–Trinajstić information content (AvgIpc) is 2.59. The summed E-state index contributed by atoms with van der Waals surface area (Å²) in [5.41, 5.74) is 1.78.